The summed E-state index contributed by atoms with van der Waals surface area (Å²) < 4.78 is 125. The molecule has 0 spiro atoms. The van der Waals surface area contributed by atoms with Gasteiger partial charge >= 0.3 is 0 Å². The van der Waals surface area contributed by atoms with Crippen molar-refractivity contribution in [2.45, 2.75) is 0 Å². The summed E-state index contributed by atoms with van der Waals surface area (Å²) in [6, 6.07) is 32.9. The molecular weight excluding hydrogens is 677 g/mol. The van der Waals surface area contributed by atoms with E-state index < -0.39 is 54.4 Å². The fourth-order valence-corrected chi connectivity index (χ4v) is 8.19. The summed E-state index contributed by atoms with van der Waals surface area (Å²) in [7, 11) is 0. The van der Waals surface area contributed by atoms with Crippen LogP contribution in [0.4, 0.5) is 17.1 Å². The third-order valence-electron chi connectivity index (χ3n) is 10.8. The fraction of sp³-hybridized carbons (Fsp3) is 0. The highest BCUT2D eigenvalue weighted by atomic mass is 15.1. The van der Waals surface area contributed by atoms with Crippen LogP contribution in [-0.4, -0.2) is 4.57 Å². The second kappa shape index (κ2) is 12.0. The molecule has 0 bridgehead atoms. The maximum Gasteiger partial charge on any atom is 0.0652 e. The number of aromatic nitrogens is 1. The van der Waals surface area contributed by atoms with E-state index in [9.17, 15) is 2.74 Å². The molecule has 0 saturated heterocycles. The van der Waals surface area contributed by atoms with Crippen molar-refractivity contribution in [3.63, 3.8) is 0 Å². The van der Waals surface area contributed by atoms with E-state index in [4.69, 9.17) is 16.4 Å². The molecule has 0 saturated carbocycles. The Labute approximate surface area is 344 Å². The van der Waals surface area contributed by atoms with E-state index in [0.717, 1.165) is 43.8 Å². The van der Waals surface area contributed by atoms with E-state index in [1.165, 1.54) is 4.57 Å². The molecule has 0 aliphatic heterocycles. The minimum Gasteiger partial charge on any atom is -0.310 e. The summed E-state index contributed by atoms with van der Waals surface area (Å²) in [5, 5.41) is 3.44. The van der Waals surface area contributed by atoms with Crippen molar-refractivity contribution in [2.75, 3.05) is 4.90 Å². The number of anilines is 3. The maximum absolute atomic E-state index is 9.82. The topological polar surface area (TPSA) is 8.17 Å². The molecule has 0 fully saturated rings. The molecule has 1 heterocycles. The van der Waals surface area contributed by atoms with Gasteiger partial charge in [0, 0.05) is 33.4 Å². The van der Waals surface area contributed by atoms with E-state index in [2.05, 4.69) is 18.2 Å². The quantitative estimate of drug-likeness (QED) is 0.172. The first kappa shape index (κ1) is 20.3. The Morgan fingerprint density at radius 3 is 1.59 bits per heavy atom. The number of nitrogens with zero attached hydrogens (tertiary/aromatic N) is 2. The molecule has 0 N–H and O–H groups in total. The first-order valence-corrected chi connectivity index (χ1v) is 18.2. The second-order valence-corrected chi connectivity index (χ2v) is 13.9. The molecule has 1 aromatic heterocycles. The molecule has 2 nitrogen and oxygen atoms in total. The first-order chi connectivity index (χ1) is 33.6. The van der Waals surface area contributed by atoms with Gasteiger partial charge in [-0.2, -0.15) is 0 Å². The van der Waals surface area contributed by atoms with Gasteiger partial charge in [0.05, 0.1) is 35.9 Å². The molecule has 56 heavy (non-hydrogen) atoms. The van der Waals surface area contributed by atoms with Gasteiger partial charge in [0.1, 0.15) is 0 Å². The first-order valence-electron chi connectivity index (χ1n) is 25.2. The molecule has 0 unspecified atom stereocenters. The summed E-state index contributed by atoms with van der Waals surface area (Å²) in [4.78, 5) is 1.88. The summed E-state index contributed by atoms with van der Waals surface area (Å²) in [5.41, 5.74) is 7.09. The fourth-order valence-electron chi connectivity index (χ4n) is 8.19. The molecule has 0 atom stereocenters. The maximum atomic E-state index is 9.82. The summed E-state index contributed by atoms with van der Waals surface area (Å²) in [6.45, 7) is 0. The smallest absolute Gasteiger partial charge is 0.0652 e. The average Bonchev–Trinajstić information content (AvgIpc) is 3.74. The zero-order chi connectivity index (χ0) is 48.9. The highest BCUT2D eigenvalue weighted by Gasteiger charge is 2.25. The van der Waals surface area contributed by atoms with Gasteiger partial charge in [-0.3, -0.25) is 0 Å². The standard InChI is InChI=1S/C54H34N2/c1-3-13-35(14-4-1)47-29-36-15-7-8-16-37(36)34-54(47)55(42-17-5-2-6-18-42)43-25-23-38-30-48-49-31-39-24-26-44(28-41(39)33-51(49)50(48)32-40(38)27-43)56-52-21-11-9-19-45(52)46-20-10-12-22-53(46)56/h1-34H/i7D,8D,9D,10D,11D,12D,15D,16D,19D,20D,21D,22D,29D,34D. The normalized spacial score (nSPS) is 15.4. The van der Waals surface area contributed by atoms with Crippen molar-refractivity contribution in [1.29, 1.82) is 0 Å². The lowest BCUT2D eigenvalue weighted by Crippen LogP contribution is -2.11. The van der Waals surface area contributed by atoms with Gasteiger partial charge in [0.2, 0.25) is 0 Å². The van der Waals surface area contributed by atoms with Crippen molar-refractivity contribution >= 4 is 71.2 Å². The van der Waals surface area contributed by atoms with E-state index in [1.807, 2.05) is 102 Å². The van der Waals surface area contributed by atoms with Gasteiger partial charge in [-0.05, 0) is 145 Å². The Morgan fingerprint density at radius 1 is 0.393 bits per heavy atom. The third kappa shape index (κ3) is 4.69. The Morgan fingerprint density at radius 2 is 0.929 bits per heavy atom. The van der Waals surface area contributed by atoms with Crippen LogP contribution >= 0.6 is 0 Å². The third-order valence-corrected chi connectivity index (χ3v) is 10.8. The van der Waals surface area contributed by atoms with Crippen molar-refractivity contribution < 1.29 is 19.2 Å². The van der Waals surface area contributed by atoms with E-state index >= 15 is 0 Å². The van der Waals surface area contributed by atoms with Gasteiger partial charge in [-0.15, -0.1) is 0 Å². The number of para-hydroxylation sites is 3. The monoisotopic (exact) mass is 724 g/mol. The van der Waals surface area contributed by atoms with Gasteiger partial charge in [0.25, 0.3) is 0 Å². The predicted octanol–water partition coefficient (Wildman–Crippen LogP) is 15.0. The Kier molecular flexibility index (Phi) is 4.37. The number of hydrogen-bond donors (Lipinski definition) is 0. The van der Waals surface area contributed by atoms with Crippen molar-refractivity contribution in [3.8, 4) is 39.1 Å². The van der Waals surface area contributed by atoms with Crippen LogP contribution in [0.3, 0.4) is 0 Å². The number of rotatable bonds is 5. The van der Waals surface area contributed by atoms with Crippen LogP contribution in [0, 0.1) is 0 Å². The van der Waals surface area contributed by atoms with Crippen molar-refractivity contribution in [1.82, 2.24) is 4.57 Å². The van der Waals surface area contributed by atoms with Crippen LogP contribution < -0.4 is 4.90 Å². The van der Waals surface area contributed by atoms with Crippen LogP contribution in [0.5, 0.6) is 0 Å². The van der Waals surface area contributed by atoms with Crippen molar-refractivity contribution in [2.24, 2.45) is 0 Å². The van der Waals surface area contributed by atoms with Crippen LogP contribution in [0.2, 0.25) is 0 Å². The predicted molar refractivity (Wildman–Crippen MR) is 238 cm³/mol. The molecule has 1 aliphatic rings. The van der Waals surface area contributed by atoms with Gasteiger partial charge in [-0.25, -0.2) is 0 Å². The highest BCUT2D eigenvalue weighted by molar-refractivity contribution is 6.13. The second-order valence-electron chi connectivity index (χ2n) is 13.9. The average molecular weight is 725 g/mol. The van der Waals surface area contributed by atoms with Gasteiger partial charge in [-0.1, -0.05) is 121 Å². The highest BCUT2D eigenvalue weighted by Crippen LogP contribution is 2.51. The van der Waals surface area contributed by atoms with Crippen LogP contribution in [0.1, 0.15) is 19.2 Å². The number of fused-ring (bicyclic) bond motifs is 10. The summed E-state index contributed by atoms with van der Waals surface area (Å²) in [6.07, 6.45) is 0. The summed E-state index contributed by atoms with van der Waals surface area (Å²) >= 11 is 0. The SMILES string of the molecule is [2H]c1c([2H])c([2H])c2c([2H])c(N(c3ccccc3)c3ccc4cc5c(cc4c3)-c3cc4cc(-n6c7c([2H])c([2H])c([2H])c([2H])c7c7c([2H])c([2H])c([2H])c([2H])c76)ccc4cc3-5)c(-c3ccccc3)c([2H])c2c1[2H]. The minimum atomic E-state index is -0.500. The van der Waals surface area contributed by atoms with E-state index in [0.29, 0.717) is 28.2 Å². The lowest BCUT2D eigenvalue weighted by atomic mass is 9.78. The lowest BCUT2D eigenvalue weighted by molar-refractivity contribution is 1.19. The Bertz CT molecular complexity index is 4090. The van der Waals surface area contributed by atoms with Crippen LogP contribution in [-0.2, 0) is 0 Å². The molecule has 10 aromatic carbocycles. The molecule has 0 amide bonds. The molecular formula is C54H34N2. The molecule has 11 aromatic rings. The lowest BCUT2D eigenvalue weighted by Gasteiger charge is -2.29. The Balaban J connectivity index is 1.05. The zero-order valence-electron chi connectivity index (χ0n) is 43.4. The molecule has 2 heteroatoms. The van der Waals surface area contributed by atoms with Crippen molar-refractivity contribution in [3.05, 3.63) is 206 Å². The molecule has 12 rings (SSSR count). The van der Waals surface area contributed by atoms with Gasteiger partial charge in [0.15, 0.2) is 0 Å². The molecule has 260 valence electrons. The van der Waals surface area contributed by atoms with Crippen LogP contribution in [0.25, 0.3) is 93.2 Å². The zero-order valence-corrected chi connectivity index (χ0v) is 29.4. The Hall–Kier alpha value is -7.42. The van der Waals surface area contributed by atoms with E-state index in [-0.39, 0.29) is 68.5 Å². The van der Waals surface area contributed by atoms with E-state index in [1.54, 1.807) is 6.07 Å². The van der Waals surface area contributed by atoms with Crippen LogP contribution in [0.15, 0.2) is 206 Å². The molecule has 1 aliphatic carbocycles. The van der Waals surface area contributed by atoms with Gasteiger partial charge < -0.3 is 9.47 Å². The minimum absolute atomic E-state index is 0.0140. The molecule has 0 radical (unpaired) electrons. The largest absolute Gasteiger partial charge is 0.310 e. The summed E-state index contributed by atoms with van der Waals surface area (Å²) in [5.74, 6) is 0. The number of benzene rings is 10. The number of hydrogen-bond acceptors (Lipinski definition) is 1.